The molecule has 0 saturated heterocycles. The first-order valence-corrected chi connectivity index (χ1v) is 8.32. The van der Waals surface area contributed by atoms with Crippen LogP contribution in [0.2, 0.25) is 0 Å². The fourth-order valence-electron chi connectivity index (χ4n) is 2.83. The Labute approximate surface area is 151 Å². The summed E-state index contributed by atoms with van der Waals surface area (Å²) in [5.74, 6) is 0.748. The van der Waals surface area contributed by atoms with Crippen LogP contribution in [-0.2, 0) is 0 Å². The molecule has 1 aromatic heterocycles. The lowest BCUT2D eigenvalue weighted by Crippen LogP contribution is -1.98. The fraction of sp³-hybridized carbons (Fsp3) is 0. The lowest BCUT2D eigenvalue weighted by atomic mass is 10.0. The first-order chi connectivity index (χ1) is 12.8. The van der Waals surface area contributed by atoms with E-state index in [1.807, 2.05) is 78.9 Å². The molecule has 0 fully saturated rings. The van der Waals surface area contributed by atoms with Crippen molar-refractivity contribution >= 4 is 22.3 Å². The number of nitrogens with two attached hydrogens (primary N) is 1. The van der Waals surface area contributed by atoms with Crippen LogP contribution < -0.4 is 5.73 Å². The first-order valence-electron chi connectivity index (χ1n) is 8.32. The lowest BCUT2D eigenvalue weighted by molar-refractivity contribution is 0.441. The Morgan fingerprint density at radius 1 is 0.923 bits per heavy atom. The van der Waals surface area contributed by atoms with Crippen LogP contribution >= 0.6 is 0 Å². The summed E-state index contributed by atoms with van der Waals surface area (Å²) >= 11 is 0. The molecular weight excluding hydrogens is 322 g/mol. The molecule has 0 saturated carbocycles. The standard InChI is InChI=1S/C22H17N3O/c23-14-13-20(24-18-9-5-2-6-10-18)17-11-12-21-19(15-17)22(26-25-21)16-7-3-1-4-8-16/h1-15H,23H2. The van der Waals surface area contributed by atoms with E-state index in [9.17, 15) is 0 Å². The summed E-state index contributed by atoms with van der Waals surface area (Å²) < 4.78 is 5.58. The van der Waals surface area contributed by atoms with Gasteiger partial charge in [-0.25, -0.2) is 4.99 Å². The normalized spacial score (nSPS) is 12.1. The summed E-state index contributed by atoms with van der Waals surface area (Å²) in [6.07, 6.45) is 3.29. The number of aromatic nitrogens is 1. The number of para-hydroxylation sites is 1. The second-order valence-corrected chi connectivity index (χ2v) is 5.80. The molecule has 26 heavy (non-hydrogen) atoms. The van der Waals surface area contributed by atoms with Crippen molar-refractivity contribution in [3.8, 4) is 11.3 Å². The summed E-state index contributed by atoms with van der Waals surface area (Å²) in [5, 5.41) is 5.11. The monoisotopic (exact) mass is 339 g/mol. The molecule has 0 aliphatic carbocycles. The largest absolute Gasteiger partial charge is 0.405 e. The Hall–Kier alpha value is -3.66. The van der Waals surface area contributed by atoms with Crippen LogP contribution in [0.25, 0.3) is 22.2 Å². The topological polar surface area (TPSA) is 64.4 Å². The molecule has 4 heteroatoms. The third-order valence-corrected chi connectivity index (χ3v) is 4.07. The molecule has 0 radical (unpaired) electrons. The van der Waals surface area contributed by atoms with E-state index in [4.69, 9.17) is 15.2 Å². The van der Waals surface area contributed by atoms with Crippen molar-refractivity contribution in [1.29, 1.82) is 0 Å². The van der Waals surface area contributed by atoms with Gasteiger partial charge in [0, 0.05) is 11.1 Å². The predicted molar refractivity (Wildman–Crippen MR) is 105 cm³/mol. The molecule has 0 bridgehead atoms. The number of fused-ring (bicyclic) bond motifs is 1. The van der Waals surface area contributed by atoms with Crippen LogP contribution in [0.15, 0.2) is 101 Å². The smallest absolute Gasteiger partial charge is 0.174 e. The maximum absolute atomic E-state index is 5.64. The van der Waals surface area contributed by atoms with Gasteiger partial charge in [-0.15, -0.1) is 0 Å². The fourth-order valence-corrected chi connectivity index (χ4v) is 2.83. The zero-order chi connectivity index (χ0) is 17.8. The Morgan fingerprint density at radius 2 is 1.65 bits per heavy atom. The van der Waals surface area contributed by atoms with E-state index in [0.717, 1.165) is 39.2 Å². The molecule has 3 aromatic carbocycles. The van der Waals surface area contributed by atoms with Gasteiger partial charge in [0.2, 0.25) is 0 Å². The van der Waals surface area contributed by atoms with Gasteiger partial charge in [-0.1, -0.05) is 59.8 Å². The summed E-state index contributed by atoms with van der Waals surface area (Å²) in [6, 6.07) is 25.7. The highest BCUT2D eigenvalue weighted by Crippen LogP contribution is 2.29. The quantitative estimate of drug-likeness (QED) is 0.527. The van der Waals surface area contributed by atoms with Crippen molar-refractivity contribution in [2.75, 3.05) is 0 Å². The summed E-state index contributed by atoms with van der Waals surface area (Å²) in [6.45, 7) is 0. The van der Waals surface area contributed by atoms with Crippen LogP contribution in [0.3, 0.4) is 0 Å². The lowest BCUT2D eigenvalue weighted by Gasteiger charge is -2.03. The Balaban J connectivity index is 1.84. The highest BCUT2D eigenvalue weighted by molar-refractivity contribution is 6.12. The van der Waals surface area contributed by atoms with Crippen molar-refractivity contribution < 1.29 is 4.52 Å². The molecule has 0 spiro atoms. The highest BCUT2D eigenvalue weighted by Gasteiger charge is 2.12. The van der Waals surface area contributed by atoms with E-state index in [-0.39, 0.29) is 0 Å². The number of benzene rings is 3. The Kier molecular flexibility index (Phi) is 4.31. The first kappa shape index (κ1) is 15.8. The molecule has 4 rings (SSSR count). The third kappa shape index (κ3) is 3.13. The van der Waals surface area contributed by atoms with Gasteiger partial charge in [-0.3, -0.25) is 0 Å². The zero-order valence-corrected chi connectivity index (χ0v) is 14.0. The maximum Gasteiger partial charge on any atom is 0.174 e. The number of aliphatic imine (C=N–C) groups is 1. The molecule has 0 aliphatic heterocycles. The molecule has 4 aromatic rings. The molecule has 0 aliphatic rings. The van der Waals surface area contributed by atoms with Crippen LogP contribution in [0, 0.1) is 0 Å². The number of hydrogen-bond acceptors (Lipinski definition) is 4. The van der Waals surface area contributed by atoms with E-state index in [0.29, 0.717) is 0 Å². The van der Waals surface area contributed by atoms with Crippen molar-refractivity contribution in [3.63, 3.8) is 0 Å². The van der Waals surface area contributed by atoms with Crippen molar-refractivity contribution in [2.24, 2.45) is 10.7 Å². The molecule has 1 heterocycles. The number of rotatable bonds is 4. The van der Waals surface area contributed by atoms with Crippen molar-refractivity contribution in [1.82, 2.24) is 5.16 Å². The van der Waals surface area contributed by atoms with Crippen LogP contribution in [-0.4, -0.2) is 10.9 Å². The van der Waals surface area contributed by atoms with E-state index < -0.39 is 0 Å². The van der Waals surface area contributed by atoms with Gasteiger partial charge < -0.3 is 10.3 Å². The van der Waals surface area contributed by atoms with E-state index in [1.54, 1.807) is 6.08 Å². The summed E-state index contributed by atoms with van der Waals surface area (Å²) in [7, 11) is 0. The minimum absolute atomic E-state index is 0.748. The zero-order valence-electron chi connectivity index (χ0n) is 14.0. The molecule has 2 N–H and O–H groups in total. The minimum Gasteiger partial charge on any atom is -0.405 e. The third-order valence-electron chi connectivity index (χ3n) is 4.07. The predicted octanol–water partition coefficient (Wildman–Crippen LogP) is 5.09. The van der Waals surface area contributed by atoms with E-state index in [1.165, 1.54) is 6.20 Å². The van der Waals surface area contributed by atoms with E-state index >= 15 is 0 Å². The van der Waals surface area contributed by atoms with Crippen LogP contribution in [0.4, 0.5) is 5.69 Å². The number of allylic oxidation sites excluding steroid dienone is 1. The van der Waals surface area contributed by atoms with Gasteiger partial charge >= 0.3 is 0 Å². The Bertz CT molecular complexity index is 1080. The van der Waals surface area contributed by atoms with Crippen LogP contribution in [0.5, 0.6) is 0 Å². The van der Waals surface area contributed by atoms with Crippen molar-refractivity contribution in [2.45, 2.75) is 0 Å². The minimum atomic E-state index is 0.748. The van der Waals surface area contributed by atoms with Gasteiger partial charge in [-0.05, 0) is 36.5 Å². The molecule has 126 valence electrons. The second-order valence-electron chi connectivity index (χ2n) is 5.80. The maximum atomic E-state index is 5.64. The number of hydrogen-bond donors (Lipinski definition) is 1. The average molecular weight is 339 g/mol. The van der Waals surface area contributed by atoms with Crippen molar-refractivity contribution in [3.05, 3.63) is 96.7 Å². The van der Waals surface area contributed by atoms with Gasteiger partial charge in [-0.2, -0.15) is 0 Å². The Morgan fingerprint density at radius 3 is 2.38 bits per heavy atom. The molecule has 0 amide bonds. The second kappa shape index (κ2) is 7.07. The molecule has 0 atom stereocenters. The van der Waals surface area contributed by atoms with Gasteiger partial charge in [0.25, 0.3) is 0 Å². The number of nitrogens with zero attached hydrogens (tertiary/aromatic N) is 2. The molecule has 0 unspecified atom stereocenters. The van der Waals surface area contributed by atoms with Gasteiger partial charge in [0.05, 0.1) is 16.8 Å². The van der Waals surface area contributed by atoms with Gasteiger partial charge in [0.1, 0.15) is 5.52 Å². The summed E-state index contributed by atoms with van der Waals surface area (Å²) in [4.78, 5) is 4.71. The average Bonchev–Trinajstić information content (AvgIpc) is 3.12. The highest BCUT2D eigenvalue weighted by atomic mass is 16.5. The summed E-state index contributed by atoms with van der Waals surface area (Å²) in [5.41, 5.74) is 10.0. The molecule has 4 nitrogen and oxygen atoms in total. The van der Waals surface area contributed by atoms with Gasteiger partial charge in [0.15, 0.2) is 5.76 Å². The SMILES string of the molecule is NC=CC(=Nc1ccccc1)c1ccc2noc(-c3ccccc3)c2c1. The van der Waals surface area contributed by atoms with E-state index in [2.05, 4.69) is 5.16 Å². The van der Waals surface area contributed by atoms with Crippen LogP contribution in [0.1, 0.15) is 5.56 Å². The molecular formula is C22H17N3O.